The molecule has 0 amide bonds. The molecule has 2 aliphatic rings. The molecule has 1 aromatic heterocycles. The van der Waals surface area contributed by atoms with Gasteiger partial charge in [-0.3, -0.25) is 9.97 Å². The summed E-state index contributed by atoms with van der Waals surface area (Å²) in [5.41, 5.74) is 1.69. The highest BCUT2D eigenvalue weighted by Gasteiger charge is 2.56. The number of hydrogen-bond acceptors (Lipinski definition) is 3. The summed E-state index contributed by atoms with van der Waals surface area (Å²) >= 11 is 0. The van der Waals surface area contributed by atoms with E-state index in [0.29, 0.717) is 11.5 Å². The van der Waals surface area contributed by atoms with Gasteiger partial charge in [-0.25, -0.2) is 0 Å². The van der Waals surface area contributed by atoms with Gasteiger partial charge in [-0.2, -0.15) is 0 Å². The fraction of sp³-hybridized carbons (Fsp3) is 0.556. The zero-order chi connectivity index (χ0) is 8.02. The summed E-state index contributed by atoms with van der Waals surface area (Å²) in [7, 11) is 0. The van der Waals surface area contributed by atoms with Gasteiger partial charge < -0.3 is 5.32 Å². The van der Waals surface area contributed by atoms with Gasteiger partial charge in [0.2, 0.25) is 0 Å². The summed E-state index contributed by atoms with van der Waals surface area (Å²) in [6, 6.07) is 0.492. The van der Waals surface area contributed by atoms with Crippen molar-refractivity contribution in [3.63, 3.8) is 0 Å². The summed E-state index contributed by atoms with van der Waals surface area (Å²) in [6.45, 7) is 1.17. The van der Waals surface area contributed by atoms with E-state index < -0.39 is 0 Å². The Kier molecular flexibility index (Phi) is 1.11. The van der Waals surface area contributed by atoms with Crippen LogP contribution < -0.4 is 5.32 Å². The van der Waals surface area contributed by atoms with E-state index in [2.05, 4.69) is 15.3 Å². The van der Waals surface area contributed by atoms with Gasteiger partial charge in [-0.15, -0.1) is 0 Å². The maximum absolute atomic E-state index is 4.31. The SMILES string of the molecule is c1cnc(C2NCC23CC3)cn1. The molecule has 3 nitrogen and oxygen atoms in total. The van der Waals surface area contributed by atoms with Crippen molar-refractivity contribution in [2.24, 2.45) is 5.41 Å². The van der Waals surface area contributed by atoms with E-state index >= 15 is 0 Å². The number of rotatable bonds is 1. The van der Waals surface area contributed by atoms with E-state index in [9.17, 15) is 0 Å². The summed E-state index contributed by atoms with van der Waals surface area (Å²) in [6.07, 6.45) is 8.09. The van der Waals surface area contributed by atoms with Crippen LogP contribution in [0.4, 0.5) is 0 Å². The quantitative estimate of drug-likeness (QED) is 0.665. The Morgan fingerprint density at radius 3 is 2.83 bits per heavy atom. The van der Waals surface area contributed by atoms with E-state index in [1.54, 1.807) is 12.4 Å². The van der Waals surface area contributed by atoms with Gasteiger partial charge in [0.15, 0.2) is 0 Å². The van der Waals surface area contributed by atoms with E-state index in [1.165, 1.54) is 19.4 Å². The molecule has 12 heavy (non-hydrogen) atoms. The number of nitrogens with one attached hydrogen (secondary N) is 1. The Labute approximate surface area is 71.2 Å². The van der Waals surface area contributed by atoms with Crippen molar-refractivity contribution in [3.8, 4) is 0 Å². The second-order valence-electron chi connectivity index (χ2n) is 3.81. The first-order valence-electron chi connectivity index (χ1n) is 4.40. The Morgan fingerprint density at radius 2 is 2.33 bits per heavy atom. The third kappa shape index (κ3) is 0.743. The molecule has 1 aromatic rings. The summed E-state index contributed by atoms with van der Waals surface area (Å²) in [5.74, 6) is 0. The topological polar surface area (TPSA) is 37.8 Å². The lowest BCUT2D eigenvalue weighted by atomic mass is 9.86. The highest BCUT2D eigenvalue weighted by molar-refractivity contribution is 5.20. The molecule has 0 bridgehead atoms. The lowest BCUT2D eigenvalue weighted by Crippen LogP contribution is -2.47. The molecule has 1 spiro atoms. The van der Waals surface area contributed by atoms with Crippen LogP contribution in [0.2, 0.25) is 0 Å². The molecule has 1 aliphatic heterocycles. The average Bonchev–Trinajstić information content (AvgIpc) is 2.85. The van der Waals surface area contributed by atoms with Crippen molar-refractivity contribution >= 4 is 0 Å². The van der Waals surface area contributed by atoms with Crippen molar-refractivity contribution in [1.29, 1.82) is 0 Å². The highest BCUT2D eigenvalue weighted by Crippen LogP contribution is 2.59. The summed E-state index contributed by atoms with van der Waals surface area (Å²) in [4.78, 5) is 8.39. The van der Waals surface area contributed by atoms with E-state index in [1.807, 2.05) is 6.20 Å². The van der Waals surface area contributed by atoms with Gasteiger partial charge >= 0.3 is 0 Å². The predicted molar refractivity (Wildman–Crippen MR) is 44.4 cm³/mol. The molecule has 0 aromatic carbocycles. The minimum absolute atomic E-state index is 0.492. The Hall–Kier alpha value is -0.960. The Bertz CT molecular complexity index is 292. The van der Waals surface area contributed by atoms with Crippen LogP contribution in [0.1, 0.15) is 24.6 Å². The normalized spacial score (nSPS) is 29.8. The molecule has 1 aliphatic carbocycles. The zero-order valence-corrected chi connectivity index (χ0v) is 6.83. The molecular formula is C9H11N3. The van der Waals surface area contributed by atoms with Crippen molar-refractivity contribution in [1.82, 2.24) is 15.3 Å². The average molecular weight is 161 g/mol. The molecule has 0 radical (unpaired) electrons. The third-order valence-electron chi connectivity index (χ3n) is 3.04. The maximum atomic E-state index is 4.31. The van der Waals surface area contributed by atoms with Crippen LogP contribution in [0.15, 0.2) is 18.6 Å². The van der Waals surface area contributed by atoms with E-state index in [-0.39, 0.29) is 0 Å². The van der Waals surface area contributed by atoms with Crippen LogP contribution in [0.5, 0.6) is 0 Å². The van der Waals surface area contributed by atoms with Gasteiger partial charge in [0.25, 0.3) is 0 Å². The summed E-state index contributed by atoms with van der Waals surface area (Å²) < 4.78 is 0. The van der Waals surface area contributed by atoms with Crippen LogP contribution in [0.25, 0.3) is 0 Å². The van der Waals surface area contributed by atoms with Crippen LogP contribution in [0, 0.1) is 5.41 Å². The molecule has 1 saturated carbocycles. The molecule has 62 valence electrons. The lowest BCUT2D eigenvalue weighted by Gasteiger charge is -2.38. The molecule has 1 unspecified atom stereocenters. The first kappa shape index (κ1) is 6.54. The van der Waals surface area contributed by atoms with Crippen LogP contribution >= 0.6 is 0 Å². The number of aromatic nitrogens is 2. The van der Waals surface area contributed by atoms with Crippen LogP contribution in [-0.4, -0.2) is 16.5 Å². The van der Waals surface area contributed by atoms with Crippen molar-refractivity contribution in [2.75, 3.05) is 6.54 Å². The standard InChI is InChI=1S/C9H11N3/c1-2-9(1)6-12-8(9)7-5-10-3-4-11-7/h3-5,8,12H,1-2,6H2. The van der Waals surface area contributed by atoms with Crippen LogP contribution in [0.3, 0.4) is 0 Å². The molecule has 2 fully saturated rings. The number of nitrogens with zero attached hydrogens (tertiary/aromatic N) is 2. The largest absolute Gasteiger partial charge is 0.307 e. The first-order valence-corrected chi connectivity index (χ1v) is 4.40. The minimum atomic E-state index is 0.492. The molecule has 1 saturated heterocycles. The van der Waals surface area contributed by atoms with Crippen molar-refractivity contribution in [3.05, 3.63) is 24.3 Å². The molecule has 3 heteroatoms. The fourth-order valence-electron chi connectivity index (χ4n) is 2.00. The molecule has 2 heterocycles. The number of hydrogen-bond donors (Lipinski definition) is 1. The van der Waals surface area contributed by atoms with Crippen molar-refractivity contribution < 1.29 is 0 Å². The van der Waals surface area contributed by atoms with Gasteiger partial charge in [0, 0.05) is 30.6 Å². The van der Waals surface area contributed by atoms with Crippen LogP contribution in [-0.2, 0) is 0 Å². The van der Waals surface area contributed by atoms with Gasteiger partial charge in [0.1, 0.15) is 0 Å². The van der Waals surface area contributed by atoms with Gasteiger partial charge in [-0.05, 0) is 12.8 Å². The molecule has 1 atom stereocenters. The summed E-state index contributed by atoms with van der Waals surface area (Å²) in [5, 5.41) is 3.41. The van der Waals surface area contributed by atoms with Crippen molar-refractivity contribution in [2.45, 2.75) is 18.9 Å². The Morgan fingerprint density at radius 1 is 1.42 bits per heavy atom. The van der Waals surface area contributed by atoms with E-state index in [4.69, 9.17) is 0 Å². The third-order valence-corrected chi connectivity index (χ3v) is 3.04. The molecular weight excluding hydrogens is 150 g/mol. The predicted octanol–water partition coefficient (Wildman–Crippen LogP) is 0.901. The second kappa shape index (κ2) is 2.04. The Balaban J connectivity index is 1.90. The fourth-order valence-corrected chi connectivity index (χ4v) is 2.00. The second-order valence-corrected chi connectivity index (χ2v) is 3.81. The molecule has 3 rings (SSSR count). The minimum Gasteiger partial charge on any atom is -0.307 e. The first-order chi connectivity index (χ1) is 5.91. The lowest BCUT2D eigenvalue weighted by molar-refractivity contribution is 0.204. The smallest absolute Gasteiger partial charge is 0.0762 e. The molecule has 1 N–H and O–H groups in total. The van der Waals surface area contributed by atoms with Gasteiger partial charge in [0.05, 0.1) is 11.7 Å². The van der Waals surface area contributed by atoms with E-state index in [0.717, 1.165) is 5.69 Å². The monoisotopic (exact) mass is 161 g/mol. The van der Waals surface area contributed by atoms with Gasteiger partial charge in [-0.1, -0.05) is 0 Å². The maximum Gasteiger partial charge on any atom is 0.0762 e. The zero-order valence-electron chi connectivity index (χ0n) is 6.83. The highest BCUT2D eigenvalue weighted by atomic mass is 15.1.